The Bertz CT molecular complexity index is 135. The largest absolute Gasteiger partial charge is 0.480 e. The number of hydrogen-bond acceptors (Lipinski definition) is 2. The maximum Gasteiger partial charge on any atom is 0.321 e. The molecule has 0 saturated heterocycles. The van der Waals surface area contributed by atoms with Gasteiger partial charge in [0, 0.05) is 6.42 Å². The molecule has 2 atom stereocenters. The lowest BCUT2D eigenvalue weighted by Gasteiger charge is -2.09. The molecule has 1 N–H and O–H groups in total. The Kier molecular flexibility index (Phi) is 4.03. The van der Waals surface area contributed by atoms with Gasteiger partial charge in [0.25, 0.3) is 0 Å². The van der Waals surface area contributed by atoms with Gasteiger partial charge >= 0.3 is 5.97 Å². The van der Waals surface area contributed by atoms with E-state index in [0.29, 0.717) is 6.29 Å². The second-order valence-electron chi connectivity index (χ2n) is 2.12. The highest BCUT2D eigenvalue weighted by Crippen LogP contribution is 2.12. The molecular formula is C6H9ClO3. The summed E-state index contributed by atoms with van der Waals surface area (Å²) < 4.78 is 0. The molecule has 0 aliphatic rings. The van der Waals surface area contributed by atoms with Gasteiger partial charge in [-0.3, -0.25) is 4.79 Å². The zero-order valence-electron chi connectivity index (χ0n) is 5.58. The lowest BCUT2D eigenvalue weighted by Crippen LogP contribution is -2.21. The smallest absolute Gasteiger partial charge is 0.321 e. The summed E-state index contributed by atoms with van der Waals surface area (Å²) >= 11 is 5.39. The van der Waals surface area contributed by atoms with E-state index < -0.39 is 11.3 Å². The minimum atomic E-state index is -1.07. The number of carbonyl (C=O) groups is 2. The van der Waals surface area contributed by atoms with E-state index >= 15 is 0 Å². The molecule has 0 radical (unpaired) electrons. The van der Waals surface area contributed by atoms with Crippen molar-refractivity contribution in [2.75, 3.05) is 0 Å². The first-order chi connectivity index (χ1) is 4.59. The summed E-state index contributed by atoms with van der Waals surface area (Å²) in [5, 5.41) is 7.38. The monoisotopic (exact) mass is 164 g/mol. The van der Waals surface area contributed by atoms with Gasteiger partial charge in [-0.15, -0.1) is 11.6 Å². The Labute approximate surface area is 64.0 Å². The molecule has 0 amide bonds. The predicted octanol–water partition coefficient (Wildman–Crippen LogP) is 0.903. The number of hydrogen-bond donors (Lipinski definition) is 1. The summed E-state index contributed by atoms with van der Waals surface area (Å²) in [6, 6.07) is 0. The molecule has 0 spiro atoms. The SMILES string of the molecule is CC(CC=O)C(Cl)C(=O)O. The molecule has 0 aliphatic carbocycles. The molecule has 0 heterocycles. The van der Waals surface area contributed by atoms with Gasteiger partial charge in [-0.05, 0) is 5.92 Å². The zero-order chi connectivity index (χ0) is 8.15. The Morgan fingerprint density at radius 3 is 2.60 bits per heavy atom. The van der Waals surface area contributed by atoms with Crippen molar-refractivity contribution in [3.8, 4) is 0 Å². The predicted molar refractivity (Wildman–Crippen MR) is 37.1 cm³/mol. The molecule has 0 fully saturated rings. The van der Waals surface area contributed by atoms with Gasteiger partial charge in [0.05, 0.1) is 0 Å². The van der Waals surface area contributed by atoms with E-state index in [2.05, 4.69) is 0 Å². The van der Waals surface area contributed by atoms with Crippen LogP contribution in [0.5, 0.6) is 0 Å². The van der Waals surface area contributed by atoms with Gasteiger partial charge in [0.2, 0.25) is 0 Å². The van der Waals surface area contributed by atoms with Crippen LogP contribution >= 0.6 is 11.6 Å². The summed E-state index contributed by atoms with van der Waals surface area (Å²) in [7, 11) is 0. The van der Waals surface area contributed by atoms with Crippen molar-refractivity contribution >= 4 is 23.9 Å². The summed E-state index contributed by atoms with van der Waals surface area (Å²) in [5.41, 5.74) is 0. The maximum atomic E-state index is 10.2. The summed E-state index contributed by atoms with van der Waals surface area (Å²) in [5.74, 6) is -1.37. The van der Waals surface area contributed by atoms with Crippen LogP contribution in [0.1, 0.15) is 13.3 Å². The molecule has 0 rings (SSSR count). The number of carboxylic acid groups (broad SMARTS) is 1. The topological polar surface area (TPSA) is 54.4 Å². The number of carboxylic acids is 1. The van der Waals surface area contributed by atoms with E-state index in [1.165, 1.54) is 0 Å². The first-order valence-corrected chi connectivity index (χ1v) is 3.33. The lowest BCUT2D eigenvalue weighted by atomic mass is 10.1. The Morgan fingerprint density at radius 2 is 2.30 bits per heavy atom. The van der Waals surface area contributed by atoms with Crippen LogP contribution in [-0.4, -0.2) is 22.7 Å². The van der Waals surface area contributed by atoms with Crippen molar-refractivity contribution in [2.24, 2.45) is 5.92 Å². The van der Waals surface area contributed by atoms with Gasteiger partial charge in [-0.1, -0.05) is 6.92 Å². The molecule has 0 bridgehead atoms. The molecule has 0 saturated carbocycles. The van der Waals surface area contributed by atoms with Crippen molar-refractivity contribution in [2.45, 2.75) is 18.7 Å². The van der Waals surface area contributed by atoms with E-state index in [1.807, 2.05) is 0 Å². The normalized spacial score (nSPS) is 15.8. The summed E-state index contributed by atoms with van der Waals surface area (Å²) in [4.78, 5) is 20.1. The molecule has 0 aliphatic heterocycles. The van der Waals surface area contributed by atoms with E-state index in [0.717, 1.165) is 0 Å². The quantitative estimate of drug-likeness (QED) is 0.496. The molecule has 4 heteroatoms. The number of alkyl halides is 1. The molecule has 10 heavy (non-hydrogen) atoms. The molecule has 0 aromatic heterocycles. The van der Waals surface area contributed by atoms with Crippen LogP contribution in [0.3, 0.4) is 0 Å². The van der Waals surface area contributed by atoms with Crippen molar-refractivity contribution in [1.82, 2.24) is 0 Å². The average Bonchev–Trinajstić information content (AvgIpc) is 1.87. The minimum Gasteiger partial charge on any atom is -0.480 e. The van der Waals surface area contributed by atoms with Crippen molar-refractivity contribution in [3.05, 3.63) is 0 Å². The van der Waals surface area contributed by atoms with E-state index in [-0.39, 0.29) is 12.3 Å². The van der Waals surface area contributed by atoms with Gasteiger partial charge in [-0.25, -0.2) is 0 Å². The van der Waals surface area contributed by atoms with E-state index in [1.54, 1.807) is 6.92 Å². The first-order valence-electron chi connectivity index (χ1n) is 2.90. The number of carbonyl (C=O) groups excluding carboxylic acids is 1. The van der Waals surface area contributed by atoms with Gasteiger partial charge in [-0.2, -0.15) is 0 Å². The Hall–Kier alpha value is -0.570. The Morgan fingerprint density at radius 1 is 1.80 bits per heavy atom. The number of aliphatic carboxylic acids is 1. The number of halogens is 1. The van der Waals surface area contributed by atoms with Crippen LogP contribution in [0, 0.1) is 5.92 Å². The van der Waals surface area contributed by atoms with Crippen LogP contribution in [0.15, 0.2) is 0 Å². The van der Waals surface area contributed by atoms with E-state index in [9.17, 15) is 9.59 Å². The minimum absolute atomic E-state index is 0.195. The van der Waals surface area contributed by atoms with Crippen LogP contribution in [0.2, 0.25) is 0 Å². The van der Waals surface area contributed by atoms with Crippen LogP contribution in [-0.2, 0) is 9.59 Å². The molecular weight excluding hydrogens is 156 g/mol. The van der Waals surface area contributed by atoms with Crippen molar-refractivity contribution in [3.63, 3.8) is 0 Å². The second kappa shape index (κ2) is 4.28. The van der Waals surface area contributed by atoms with E-state index in [4.69, 9.17) is 16.7 Å². The average molecular weight is 165 g/mol. The Balaban J connectivity index is 3.80. The third-order valence-corrected chi connectivity index (χ3v) is 1.82. The highest BCUT2D eigenvalue weighted by atomic mass is 35.5. The summed E-state index contributed by atoms with van der Waals surface area (Å²) in [6.45, 7) is 1.63. The highest BCUT2D eigenvalue weighted by Gasteiger charge is 2.20. The third kappa shape index (κ3) is 2.82. The fourth-order valence-electron chi connectivity index (χ4n) is 0.515. The van der Waals surface area contributed by atoms with Gasteiger partial charge in [0.1, 0.15) is 11.7 Å². The van der Waals surface area contributed by atoms with Crippen LogP contribution in [0.25, 0.3) is 0 Å². The van der Waals surface area contributed by atoms with Crippen molar-refractivity contribution < 1.29 is 14.7 Å². The second-order valence-corrected chi connectivity index (χ2v) is 2.59. The van der Waals surface area contributed by atoms with Gasteiger partial charge < -0.3 is 9.90 Å². The zero-order valence-corrected chi connectivity index (χ0v) is 6.34. The molecule has 0 aromatic carbocycles. The molecule has 2 unspecified atom stereocenters. The summed E-state index contributed by atoms with van der Waals surface area (Å²) in [6.07, 6.45) is 0.865. The molecule has 0 aromatic rings. The number of rotatable bonds is 4. The highest BCUT2D eigenvalue weighted by molar-refractivity contribution is 6.29. The maximum absolute atomic E-state index is 10.2. The first kappa shape index (κ1) is 9.43. The van der Waals surface area contributed by atoms with Crippen LogP contribution < -0.4 is 0 Å². The number of aldehydes is 1. The standard InChI is InChI=1S/C6H9ClO3/c1-4(2-3-8)5(7)6(9)10/h3-5H,2H2,1H3,(H,9,10). The van der Waals surface area contributed by atoms with Gasteiger partial charge in [0.15, 0.2) is 0 Å². The van der Waals surface area contributed by atoms with Crippen LogP contribution in [0.4, 0.5) is 0 Å². The molecule has 58 valence electrons. The fourth-order valence-corrected chi connectivity index (χ4v) is 0.618. The third-order valence-electron chi connectivity index (χ3n) is 1.20. The molecule has 3 nitrogen and oxygen atoms in total. The van der Waals surface area contributed by atoms with Crippen molar-refractivity contribution in [1.29, 1.82) is 0 Å². The lowest BCUT2D eigenvalue weighted by molar-refractivity contribution is -0.137. The fraction of sp³-hybridized carbons (Fsp3) is 0.667.